The molecule has 3 heterocycles. The topological polar surface area (TPSA) is 93.8 Å². The Morgan fingerprint density at radius 2 is 1.79 bits per heavy atom. The Morgan fingerprint density at radius 1 is 1.00 bits per heavy atom. The van der Waals surface area contributed by atoms with Crippen LogP contribution in [0.2, 0.25) is 0 Å². The molecule has 0 atom stereocenters. The summed E-state index contributed by atoms with van der Waals surface area (Å²) in [6.07, 6.45) is 6.29. The minimum absolute atomic E-state index is 0.0593. The Kier molecular flexibility index (Phi) is 3.24. The fourth-order valence-electron chi connectivity index (χ4n) is 2.41. The second kappa shape index (κ2) is 5.54. The number of rotatable bonds is 3. The average molecular weight is 317 g/mol. The summed E-state index contributed by atoms with van der Waals surface area (Å²) in [7, 11) is 0. The highest BCUT2D eigenvalue weighted by Gasteiger charge is 2.16. The van der Waals surface area contributed by atoms with E-state index in [1.807, 2.05) is 0 Å². The Hall–Kier alpha value is -3.61. The van der Waals surface area contributed by atoms with E-state index < -0.39 is 0 Å². The van der Waals surface area contributed by atoms with E-state index in [2.05, 4.69) is 20.1 Å². The van der Waals surface area contributed by atoms with E-state index in [0.717, 1.165) is 0 Å². The highest BCUT2D eigenvalue weighted by molar-refractivity contribution is 6.11. The number of pyridine rings is 1. The molecule has 4 aromatic rings. The standard InChI is InChI=1S/C17H11N5O2/c23-14-5-2-1-4-13(14)15(24)11-8-12-10-21-22(16(12)20-9-11)17-18-6-3-7-19-17/h1-10,23H. The summed E-state index contributed by atoms with van der Waals surface area (Å²) < 4.78 is 1.50. The molecule has 0 unspecified atom stereocenters. The lowest BCUT2D eigenvalue weighted by Gasteiger charge is -2.04. The summed E-state index contributed by atoms with van der Waals surface area (Å²) in [5.74, 6) is 0.0435. The van der Waals surface area contributed by atoms with Gasteiger partial charge >= 0.3 is 0 Å². The molecule has 0 aliphatic heterocycles. The first-order valence-electron chi connectivity index (χ1n) is 7.18. The average Bonchev–Trinajstić information content (AvgIpc) is 3.05. The Balaban J connectivity index is 1.78. The number of aromatic hydroxyl groups is 1. The molecule has 0 radical (unpaired) electrons. The Labute approximate surface area is 136 Å². The van der Waals surface area contributed by atoms with Crippen molar-refractivity contribution in [2.24, 2.45) is 0 Å². The van der Waals surface area contributed by atoms with Crippen molar-refractivity contribution in [3.63, 3.8) is 0 Å². The first-order valence-corrected chi connectivity index (χ1v) is 7.18. The Bertz CT molecular complexity index is 1040. The van der Waals surface area contributed by atoms with E-state index >= 15 is 0 Å². The van der Waals surface area contributed by atoms with Gasteiger partial charge in [0.25, 0.3) is 5.95 Å². The van der Waals surface area contributed by atoms with Crippen LogP contribution >= 0.6 is 0 Å². The number of hydrogen-bond donors (Lipinski definition) is 1. The number of phenols is 1. The maximum atomic E-state index is 12.5. The molecule has 1 aromatic carbocycles. The molecule has 0 aliphatic rings. The van der Waals surface area contributed by atoms with E-state index in [0.29, 0.717) is 22.5 Å². The molecule has 116 valence electrons. The van der Waals surface area contributed by atoms with E-state index in [4.69, 9.17) is 0 Å². The van der Waals surface area contributed by atoms with Crippen LogP contribution in [0.15, 0.2) is 61.2 Å². The van der Waals surface area contributed by atoms with Crippen molar-refractivity contribution in [2.75, 3.05) is 0 Å². The number of fused-ring (bicyclic) bond motifs is 1. The zero-order chi connectivity index (χ0) is 16.5. The van der Waals surface area contributed by atoms with Crippen LogP contribution in [0.1, 0.15) is 15.9 Å². The molecule has 0 aliphatic carbocycles. The molecular weight excluding hydrogens is 306 g/mol. The van der Waals surface area contributed by atoms with Crippen LogP contribution < -0.4 is 0 Å². The fourth-order valence-corrected chi connectivity index (χ4v) is 2.41. The molecule has 1 N–H and O–H groups in total. The number of carbonyl (C=O) groups excluding carboxylic acids is 1. The van der Waals surface area contributed by atoms with Gasteiger partial charge in [0.1, 0.15) is 5.75 Å². The first kappa shape index (κ1) is 14.0. The van der Waals surface area contributed by atoms with Gasteiger partial charge in [-0.05, 0) is 24.3 Å². The number of ketones is 1. The van der Waals surface area contributed by atoms with Gasteiger partial charge < -0.3 is 5.11 Å². The molecule has 0 saturated carbocycles. The first-order chi connectivity index (χ1) is 11.7. The fraction of sp³-hybridized carbons (Fsp3) is 0. The molecule has 0 spiro atoms. The minimum atomic E-state index is -0.300. The second-order valence-electron chi connectivity index (χ2n) is 5.09. The highest BCUT2D eigenvalue weighted by atomic mass is 16.3. The maximum absolute atomic E-state index is 12.5. The van der Waals surface area contributed by atoms with Crippen LogP contribution in [0.3, 0.4) is 0 Å². The number of aromatic nitrogens is 5. The predicted octanol–water partition coefficient (Wildman–Crippen LogP) is 2.15. The molecule has 0 fully saturated rings. The smallest absolute Gasteiger partial charge is 0.252 e. The molecular formula is C17H11N5O2. The van der Waals surface area contributed by atoms with Crippen molar-refractivity contribution in [3.8, 4) is 11.7 Å². The zero-order valence-electron chi connectivity index (χ0n) is 12.4. The van der Waals surface area contributed by atoms with Gasteiger partial charge in [-0.15, -0.1) is 0 Å². The van der Waals surface area contributed by atoms with Gasteiger partial charge in [-0.3, -0.25) is 4.79 Å². The molecule has 7 heteroatoms. The number of hydrogen-bond acceptors (Lipinski definition) is 6. The van der Waals surface area contributed by atoms with Crippen LogP contribution in [-0.2, 0) is 0 Å². The van der Waals surface area contributed by atoms with Gasteiger partial charge in [0.15, 0.2) is 11.4 Å². The minimum Gasteiger partial charge on any atom is -0.507 e. The molecule has 0 saturated heterocycles. The van der Waals surface area contributed by atoms with Gasteiger partial charge in [-0.2, -0.15) is 9.78 Å². The second-order valence-corrected chi connectivity index (χ2v) is 5.09. The van der Waals surface area contributed by atoms with Gasteiger partial charge in [0.05, 0.1) is 11.8 Å². The third-order valence-corrected chi connectivity index (χ3v) is 3.56. The molecule has 24 heavy (non-hydrogen) atoms. The normalized spacial score (nSPS) is 10.8. The lowest BCUT2D eigenvalue weighted by atomic mass is 10.0. The van der Waals surface area contributed by atoms with Crippen LogP contribution in [0, 0.1) is 0 Å². The lowest BCUT2D eigenvalue weighted by molar-refractivity contribution is 0.103. The van der Waals surface area contributed by atoms with Gasteiger partial charge in [-0.1, -0.05) is 12.1 Å². The third kappa shape index (κ3) is 2.28. The van der Waals surface area contributed by atoms with E-state index in [1.165, 1.54) is 16.9 Å². The van der Waals surface area contributed by atoms with Crippen molar-refractivity contribution >= 4 is 16.8 Å². The van der Waals surface area contributed by atoms with Crippen LogP contribution in [0.4, 0.5) is 0 Å². The van der Waals surface area contributed by atoms with Crippen molar-refractivity contribution in [1.29, 1.82) is 0 Å². The molecule has 3 aromatic heterocycles. The highest BCUT2D eigenvalue weighted by Crippen LogP contribution is 2.22. The van der Waals surface area contributed by atoms with Gasteiger partial charge in [0.2, 0.25) is 0 Å². The number of para-hydroxylation sites is 1. The quantitative estimate of drug-likeness (QED) is 0.582. The summed E-state index contributed by atoms with van der Waals surface area (Å²) in [5.41, 5.74) is 1.16. The van der Waals surface area contributed by atoms with Crippen LogP contribution in [0.5, 0.6) is 5.75 Å². The number of benzene rings is 1. The molecule has 0 bridgehead atoms. The number of phenolic OH excluding ortho intramolecular Hbond substituents is 1. The molecule has 7 nitrogen and oxygen atoms in total. The number of carbonyl (C=O) groups is 1. The van der Waals surface area contributed by atoms with E-state index in [-0.39, 0.29) is 17.1 Å². The van der Waals surface area contributed by atoms with Crippen LogP contribution in [-0.4, -0.2) is 35.6 Å². The zero-order valence-corrected chi connectivity index (χ0v) is 12.4. The summed E-state index contributed by atoms with van der Waals surface area (Å²) in [6, 6.07) is 9.81. The summed E-state index contributed by atoms with van der Waals surface area (Å²) in [6.45, 7) is 0. The molecule has 0 amide bonds. The van der Waals surface area contributed by atoms with Crippen molar-refractivity contribution in [3.05, 3.63) is 72.3 Å². The van der Waals surface area contributed by atoms with Crippen molar-refractivity contribution in [2.45, 2.75) is 0 Å². The largest absolute Gasteiger partial charge is 0.507 e. The van der Waals surface area contributed by atoms with E-state index in [9.17, 15) is 9.90 Å². The SMILES string of the molecule is O=C(c1cnc2c(cnn2-c2ncccn2)c1)c1ccccc1O. The van der Waals surface area contributed by atoms with Gasteiger partial charge in [0, 0.05) is 29.5 Å². The maximum Gasteiger partial charge on any atom is 0.252 e. The van der Waals surface area contributed by atoms with Crippen molar-refractivity contribution in [1.82, 2.24) is 24.7 Å². The van der Waals surface area contributed by atoms with Crippen LogP contribution in [0.25, 0.3) is 17.0 Å². The van der Waals surface area contributed by atoms with Gasteiger partial charge in [-0.25, -0.2) is 15.0 Å². The Morgan fingerprint density at radius 3 is 2.58 bits per heavy atom. The summed E-state index contributed by atoms with van der Waals surface area (Å²) in [5, 5.41) is 14.7. The summed E-state index contributed by atoms with van der Waals surface area (Å²) in [4.78, 5) is 25.1. The number of nitrogens with zero attached hydrogens (tertiary/aromatic N) is 5. The molecule has 4 rings (SSSR count). The third-order valence-electron chi connectivity index (χ3n) is 3.56. The summed E-state index contributed by atoms with van der Waals surface area (Å²) >= 11 is 0. The van der Waals surface area contributed by atoms with E-state index in [1.54, 1.807) is 48.9 Å². The van der Waals surface area contributed by atoms with Crippen molar-refractivity contribution < 1.29 is 9.90 Å². The predicted molar refractivity (Wildman–Crippen MR) is 86.0 cm³/mol. The lowest BCUT2D eigenvalue weighted by Crippen LogP contribution is -2.04. The monoisotopic (exact) mass is 317 g/mol.